The molecule has 0 spiro atoms. The number of hydrogen-bond donors (Lipinski definition) is 1. The van der Waals surface area contributed by atoms with Gasteiger partial charge in [-0.15, -0.1) is 0 Å². The summed E-state index contributed by atoms with van der Waals surface area (Å²) in [4.78, 5) is 26.8. The van der Waals surface area contributed by atoms with Crippen LogP contribution in [0.2, 0.25) is 0 Å². The van der Waals surface area contributed by atoms with Crippen molar-refractivity contribution in [3.8, 4) is 0 Å². The van der Waals surface area contributed by atoms with Crippen molar-refractivity contribution in [3.63, 3.8) is 0 Å². The maximum absolute atomic E-state index is 12.9. The van der Waals surface area contributed by atoms with E-state index < -0.39 is 5.54 Å². The molecule has 4 bridgehead atoms. The van der Waals surface area contributed by atoms with E-state index in [9.17, 15) is 9.59 Å². The zero-order valence-corrected chi connectivity index (χ0v) is 14.8. The van der Waals surface area contributed by atoms with E-state index in [1.807, 2.05) is 0 Å². The molecule has 25 heavy (non-hydrogen) atoms. The summed E-state index contributed by atoms with van der Waals surface area (Å²) in [6.07, 6.45) is 10.7. The van der Waals surface area contributed by atoms with Gasteiger partial charge in [0, 0.05) is 6.54 Å². The van der Waals surface area contributed by atoms with Crippen LogP contribution in [-0.2, 0) is 10.3 Å². The van der Waals surface area contributed by atoms with Crippen LogP contribution in [-0.4, -0.2) is 23.4 Å². The van der Waals surface area contributed by atoms with Crippen LogP contribution in [0.5, 0.6) is 0 Å². The molecule has 1 atom stereocenters. The highest BCUT2D eigenvalue weighted by molar-refractivity contribution is 6.06. The lowest BCUT2D eigenvalue weighted by atomic mass is 9.49. The fourth-order valence-electron chi connectivity index (χ4n) is 6.58. The standard InChI is InChI=1S/C20H26N2O3/c1-19(16-3-2-6-25-16)17(23)22(18(24)21-19)5-4-20-10-13-7-14(11-20)9-15(8-13)12-20/h2-3,6,13-15H,4-5,7-12H2,1H3,(H,21,24). The number of furan rings is 1. The van der Waals surface area contributed by atoms with Crippen LogP contribution in [0.25, 0.3) is 0 Å². The minimum absolute atomic E-state index is 0.183. The number of carbonyl (C=O) groups is 2. The number of carbonyl (C=O) groups excluding carboxylic acids is 2. The van der Waals surface area contributed by atoms with Crippen LogP contribution in [0.1, 0.15) is 57.6 Å². The largest absolute Gasteiger partial charge is 0.466 e. The Morgan fingerprint density at radius 2 is 1.80 bits per heavy atom. The number of hydrogen-bond acceptors (Lipinski definition) is 3. The van der Waals surface area contributed by atoms with Crippen LogP contribution >= 0.6 is 0 Å². The molecule has 1 aliphatic heterocycles. The fourth-order valence-corrected chi connectivity index (χ4v) is 6.58. The van der Waals surface area contributed by atoms with E-state index >= 15 is 0 Å². The fraction of sp³-hybridized carbons (Fsp3) is 0.700. The van der Waals surface area contributed by atoms with Gasteiger partial charge in [0.2, 0.25) is 0 Å². The molecule has 5 heteroatoms. The van der Waals surface area contributed by atoms with Crippen LogP contribution in [0.3, 0.4) is 0 Å². The Morgan fingerprint density at radius 1 is 1.16 bits per heavy atom. The molecule has 1 saturated heterocycles. The molecule has 4 aliphatic carbocycles. The summed E-state index contributed by atoms with van der Waals surface area (Å²) < 4.78 is 5.40. The second-order valence-electron chi connectivity index (χ2n) is 9.16. The van der Waals surface area contributed by atoms with Gasteiger partial charge in [-0.3, -0.25) is 9.69 Å². The minimum Gasteiger partial charge on any atom is -0.466 e. The first-order valence-electron chi connectivity index (χ1n) is 9.66. The van der Waals surface area contributed by atoms with Gasteiger partial charge >= 0.3 is 6.03 Å². The van der Waals surface area contributed by atoms with Crippen molar-refractivity contribution in [2.45, 2.75) is 57.4 Å². The number of amides is 3. The van der Waals surface area contributed by atoms with Gasteiger partial charge in [-0.05, 0) is 87.2 Å². The predicted octanol–water partition coefficient (Wildman–Crippen LogP) is 3.65. The molecule has 1 aromatic heterocycles. The summed E-state index contributed by atoms with van der Waals surface area (Å²) in [5, 5.41) is 2.83. The van der Waals surface area contributed by atoms with Gasteiger partial charge in [-0.25, -0.2) is 4.79 Å². The van der Waals surface area contributed by atoms with Gasteiger partial charge in [0.1, 0.15) is 5.76 Å². The molecular weight excluding hydrogens is 316 g/mol. The number of nitrogens with zero attached hydrogens (tertiary/aromatic N) is 1. The van der Waals surface area contributed by atoms with E-state index in [4.69, 9.17) is 4.42 Å². The Morgan fingerprint density at radius 3 is 2.36 bits per heavy atom. The first-order valence-corrected chi connectivity index (χ1v) is 9.66. The third-order valence-corrected chi connectivity index (χ3v) is 7.32. The summed E-state index contributed by atoms with van der Waals surface area (Å²) in [6.45, 7) is 2.27. The quantitative estimate of drug-likeness (QED) is 0.850. The first kappa shape index (κ1) is 15.5. The van der Waals surface area contributed by atoms with Crippen molar-refractivity contribution in [2.75, 3.05) is 6.54 Å². The maximum Gasteiger partial charge on any atom is 0.325 e. The Balaban J connectivity index is 1.32. The topological polar surface area (TPSA) is 62.6 Å². The Labute approximate surface area is 148 Å². The monoisotopic (exact) mass is 342 g/mol. The van der Waals surface area contributed by atoms with Gasteiger partial charge in [-0.1, -0.05) is 0 Å². The van der Waals surface area contributed by atoms with Crippen LogP contribution in [0, 0.1) is 23.2 Å². The number of rotatable bonds is 4. The smallest absolute Gasteiger partial charge is 0.325 e. The summed E-state index contributed by atoms with van der Waals surface area (Å²) in [5.74, 6) is 2.99. The maximum atomic E-state index is 12.9. The van der Waals surface area contributed by atoms with Gasteiger partial charge in [0.05, 0.1) is 6.26 Å². The van der Waals surface area contributed by atoms with Gasteiger partial charge in [0.25, 0.3) is 5.91 Å². The zero-order valence-electron chi connectivity index (χ0n) is 14.8. The van der Waals surface area contributed by atoms with Gasteiger partial charge in [0.15, 0.2) is 5.54 Å². The van der Waals surface area contributed by atoms with Crippen LogP contribution < -0.4 is 5.32 Å². The third-order valence-electron chi connectivity index (χ3n) is 7.32. The van der Waals surface area contributed by atoms with E-state index in [-0.39, 0.29) is 11.9 Å². The van der Waals surface area contributed by atoms with Crippen molar-refractivity contribution in [1.82, 2.24) is 10.2 Å². The molecule has 5 nitrogen and oxygen atoms in total. The molecule has 1 unspecified atom stereocenters. The SMILES string of the molecule is CC1(c2ccco2)NC(=O)N(CCC23CC4CC(CC(C4)C2)C3)C1=O. The molecule has 134 valence electrons. The first-order chi connectivity index (χ1) is 12.0. The van der Waals surface area contributed by atoms with Gasteiger partial charge < -0.3 is 9.73 Å². The molecule has 1 N–H and O–H groups in total. The van der Waals surface area contributed by atoms with E-state index in [2.05, 4.69) is 5.32 Å². The molecule has 1 aromatic rings. The zero-order chi connectivity index (χ0) is 17.2. The molecule has 5 fully saturated rings. The normalized spacial score (nSPS) is 42.3. The molecule has 4 saturated carbocycles. The molecule has 0 aromatic carbocycles. The lowest BCUT2D eigenvalue weighted by Crippen LogP contribution is -2.48. The second-order valence-corrected chi connectivity index (χ2v) is 9.16. The highest BCUT2D eigenvalue weighted by Gasteiger charge is 2.53. The lowest BCUT2D eigenvalue weighted by molar-refractivity contribution is -0.132. The molecule has 2 heterocycles. The van der Waals surface area contributed by atoms with Crippen LogP contribution in [0.15, 0.2) is 22.8 Å². The highest BCUT2D eigenvalue weighted by Crippen LogP contribution is 2.61. The van der Waals surface area contributed by atoms with Crippen molar-refractivity contribution in [1.29, 1.82) is 0 Å². The Hall–Kier alpha value is -1.78. The minimum atomic E-state index is -1.07. The summed E-state index contributed by atoms with van der Waals surface area (Å²) >= 11 is 0. The number of nitrogens with one attached hydrogen (secondary N) is 1. The Bertz CT molecular complexity index is 675. The van der Waals surface area contributed by atoms with Crippen molar-refractivity contribution in [2.24, 2.45) is 23.2 Å². The average molecular weight is 342 g/mol. The van der Waals surface area contributed by atoms with E-state index in [0.29, 0.717) is 17.7 Å². The van der Waals surface area contributed by atoms with Gasteiger partial charge in [-0.2, -0.15) is 0 Å². The Kier molecular flexibility index (Phi) is 3.17. The summed E-state index contributed by atoms with van der Waals surface area (Å²) in [7, 11) is 0. The van der Waals surface area contributed by atoms with Crippen molar-refractivity contribution < 1.29 is 14.0 Å². The molecule has 3 amide bonds. The third kappa shape index (κ3) is 2.27. The van der Waals surface area contributed by atoms with E-state index in [0.717, 1.165) is 24.2 Å². The number of urea groups is 1. The molecule has 5 aliphatic rings. The predicted molar refractivity (Wildman–Crippen MR) is 91.5 cm³/mol. The lowest BCUT2D eigenvalue weighted by Gasteiger charge is -2.57. The number of imide groups is 1. The summed E-state index contributed by atoms with van der Waals surface area (Å²) in [5.41, 5.74) is -0.693. The van der Waals surface area contributed by atoms with Crippen molar-refractivity contribution >= 4 is 11.9 Å². The van der Waals surface area contributed by atoms with Crippen LogP contribution in [0.4, 0.5) is 4.79 Å². The second kappa shape index (κ2) is 5.12. The molecular formula is C20H26N2O3. The molecule has 0 radical (unpaired) electrons. The molecule has 6 rings (SSSR count). The average Bonchev–Trinajstić information content (AvgIpc) is 3.14. The summed E-state index contributed by atoms with van der Waals surface area (Å²) in [6, 6.07) is 3.22. The highest BCUT2D eigenvalue weighted by atomic mass is 16.3. The van der Waals surface area contributed by atoms with Crippen molar-refractivity contribution in [3.05, 3.63) is 24.2 Å². The van der Waals surface area contributed by atoms with E-state index in [1.54, 1.807) is 19.1 Å². The van der Waals surface area contributed by atoms with E-state index in [1.165, 1.54) is 49.7 Å².